The lowest BCUT2D eigenvalue weighted by molar-refractivity contribution is -0.130. The van der Waals surface area contributed by atoms with E-state index in [-0.39, 0.29) is 11.9 Å². The Morgan fingerprint density at radius 3 is 2.55 bits per heavy atom. The molecule has 0 saturated carbocycles. The normalized spacial score (nSPS) is 30.5. The highest BCUT2D eigenvalue weighted by Gasteiger charge is 2.27. The van der Waals surface area contributed by atoms with E-state index in [2.05, 4.69) is 12.2 Å². The molecule has 1 N–H and O–H groups in total. The molecule has 0 spiro atoms. The summed E-state index contributed by atoms with van der Waals surface area (Å²) < 4.78 is 0. The maximum atomic E-state index is 11.4. The Morgan fingerprint density at radius 1 is 1.55 bits per heavy atom. The maximum absolute atomic E-state index is 11.4. The summed E-state index contributed by atoms with van der Waals surface area (Å²) in [5.41, 5.74) is 0. The molecule has 64 valence electrons. The molecule has 0 aromatic carbocycles. The predicted molar refractivity (Wildman–Crippen MR) is 44.3 cm³/mol. The predicted octanol–water partition coefficient (Wildman–Crippen LogP) is 0.0726. The van der Waals surface area contributed by atoms with Crippen LogP contribution in [-0.2, 0) is 4.79 Å². The van der Waals surface area contributed by atoms with Gasteiger partial charge < -0.3 is 10.2 Å². The number of rotatable bonds is 1. The number of likely N-dealkylation sites (N-methyl/N-ethyl adjacent to an activating group) is 1. The number of amides is 1. The first-order valence-electron chi connectivity index (χ1n) is 4.06. The number of carbonyl (C=O) groups is 1. The first-order valence-corrected chi connectivity index (χ1v) is 4.06. The van der Waals surface area contributed by atoms with E-state index >= 15 is 0 Å². The van der Waals surface area contributed by atoms with Crippen LogP contribution in [0.2, 0.25) is 0 Å². The number of nitrogens with zero attached hydrogens (tertiary/aromatic N) is 1. The van der Waals surface area contributed by atoms with Gasteiger partial charge in [-0.1, -0.05) is 6.92 Å². The highest BCUT2D eigenvalue weighted by Crippen LogP contribution is 2.13. The third-order valence-corrected chi connectivity index (χ3v) is 2.09. The van der Waals surface area contributed by atoms with Crippen LogP contribution < -0.4 is 5.32 Å². The third-order valence-electron chi connectivity index (χ3n) is 2.09. The average Bonchev–Trinajstić information content (AvgIpc) is 2.34. The van der Waals surface area contributed by atoms with Crippen LogP contribution in [0.25, 0.3) is 0 Å². The lowest BCUT2D eigenvalue weighted by Crippen LogP contribution is -2.39. The second-order valence-corrected chi connectivity index (χ2v) is 3.53. The fourth-order valence-corrected chi connectivity index (χ4v) is 1.41. The summed E-state index contributed by atoms with van der Waals surface area (Å²) >= 11 is 0. The van der Waals surface area contributed by atoms with Crippen molar-refractivity contribution in [2.24, 2.45) is 5.92 Å². The summed E-state index contributed by atoms with van der Waals surface area (Å²) in [4.78, 5) is 13.0. The van der Waals surface area contributed by atoms with Gasteiger partial charge in [-0.2, -0.15) is 0 Å². The molecule has 0 aromatic heterocycles. The lowest BCUT2D eigenvalue weighted by Gasteiger charge is -2.15. The minimum atomic E-state index is 0.0694. The van der Waals surface area contributed by atoms with Gasteiger partial charge >= 0.3 is 0 Å². The quantitative estimate of drug-likeness (QED) is 0.583. The Labute approximate surface area is 67.8 Å². The van der Waals surface area contributed by atoms with Crippen LogP contribution in [0.1, 0.15) is 13.3 Å². The van der Waals surface area contributed by atoms with Crippen LogP contribution in [0, 0.1) is 5.92 Å². The Hall–Kier alpha value is -0.570. The molecule has 3 heteroatoms. The van der Waals surface area contributed by atoms with Crippen LogP contribution in [0.3, 0.4) is 0 Å². The molecule has 1 saturated heterocycles. The zero-order valence-corrected chi connectivity index (χ0v) is 7.42. The van der Waals surface area contributed by atoms with Gasteiger partial charge in [0.25, 0.3) is 0 Å². The van der Waals surface area contributed by atoms with Crippen molar-refractivity contribution in [2.45, 2.75) is 19.4 Å². The molecule has 1 unspecified atom stereocenters. The second-order valence-electron chi connectivity index (χ2n) is 3.53. The van der Waals surface area contributed by atoms with Crippen LogP contribution in [0.4, 0.5) is 0 Å². The number of carbonyl (C=O) groups excluding carboxylic acids is 1. The van der Waals surface area contributed by atoms with E-state index in [0.717, 1.165) is 13.0 Å². The van der Waals surface area contributed by atoms with Gasteiger partial charge in [-0.15, -0.1) is 0 Å². The minimum absolute atomic E-state index is 0.0694. The summed E-state index contributed by atoms with van der Waals surface area (Å²) in [5.74, 6) is 0.846. The first kappa shape index (κ1) is 8.53. The number of hydrogen-bond acceptors (Lipinski definition) is 2. The number of hydrogen-bond donors (Lipinski definition) is 1. The fraction of sp³-hybridized carbons (Fsp3) is 0.875. The minimum Gasteiger partial charge on any atom is -0.347 e. The highest BCUT2D eigenvalue weighted by atomic mass is 16.2. The van der Waals surface area contributed by atoms with E-state index in [1.807, 2.05) is 0 Å². The van der Waals surface area contributed by atoms with E-state index in [9.17, 15) is 4.79 Å². The zero-order chi connectivity index (χ0) is 8.43. The van der Waals surface area contributed by atoms with Gasteiger partial charge in [0, 0.05) is 14.1 Å². The van der Waals surface area contributed by atoms with Gasteiger partial charge in [0.05, 0.1) is 6.04 Å². The molecule has 11 heavy (non-hydrogen) atoms. The topological polar surface area (TPSA) is 32.3 Å². The van der Waals surface area contributed by atoms with Crippen molar-refractivity contribution >= 4 is 5.91 Å². The van der Waals surface area contributed by atoms with Gasteiger partial charge in [0.2, 0.25) is 5.91 Å². The molecular formula is C8H16N2O. The lowest BCUT2D eigenvalue weighted by atomic mass is 10.1. The van der Waals surface area contributed by atoms with Gasteiger partial charge in [-0.3, -0.25) is 4.79 Å². The van der Waals surface area contributed by atoms with Crippen molar-refractivity contribution in [1.82, 2.24) is 10.2 Å². The molecule has 1 heterocycles. The molecule has 0 aliphatic carbocycles. The van der Waals surface area contributed by atoms with E-state index in [1.54, 1.807) is 19.0 Å². The summed E-state index contributed by atoms with van der Waals surface area (Å²) in [7, 11) is 3.60. The van der Waals surface area contributed by atoms with Gasteiger partial charge in [0.1, 0.15) is 0 Å². The fourth-order valence-electron chi connectivity index (χ4n) is 1.41. The Bertz CT molecular complexity index is 156. The molecule has 0 aromatic rings. The van der Waals surface area contributed by atoms with Crippen molar-refractivity contribution in [3.8, 4) is 0 Å². The van der Waals surface area contributed by atoms with Crippen molar-refractivity contribution in [3.63, 3.8) is 0 Å². The molecule has 1 aliphatic rings. The molecule has 1 fully saturated rings. The SMILES string of the molecule is CC1CN[C@H](C(=O)N(C)C)C1. The standard InChI is InChI=1S/C8H16N2O/c1-6-4-7(9-5-6)8(11)10(2)3/h6-7,9H,4-5H2,1-3H3/t6?,7-/m0/s1. The van der Waals surface area contributed by atoms with E-state index in [0.29, 0.717) is 5.92 Å². The van der Waals surface area contributed by atoms with Crippen molar-refractivity contribution in [2.75, 3.05) is 20.6 Å². The van der Waals surface area contributed by atoms with Crippen LogP contribution in [0.15, 0.2) is 0 Å². The van der Waals surface area contributed by atoms with Crippen molar-refractivity contribution in [3.05, 3.63) is 0 Å². The van der Waals surface area contributed by atoms with E-state index in [1.165, 1.54) is 0 Å². The third kappa shape index (κ3) is 1.93. The summed E-state index contributed by atoms with van der Waals surface area (Å²) in [6, 6.07) is 0.0694. The Balaban J connectivity index is 2.43. The summed E-state index contributed by atoms with van der Waals surface area (Å²) in [5, 5.41) is 3.20. The number of nitrogens with one attached hydrogen (secondary N) is 1. The first-order chi connectivity index (χ1) is 5.11. The Kier molecular flexibility index (Phi) is 2.49. The average molecular weight is 156 g/mol. The van der Waals surface area contributed by atoms with Gasteiger partial charge in [0.15, 0.2) is 0 Å². The molecule has 0 bridgehead atoms. The molecule has 1 amide bonds. The van der Waals surface area contributed by atoms with E-state index < -0.39 is 0 Å². The largest absolute Gasteiger partial charge is 0.347 e. The van der Waals surface area contributed by atoms with Crippen LogP contribution in [0.5, 0.6) is 0 Å². The van der Waals surface area contributed by atoms with Crippen LogP contribution >= 0.6 is 0 Å². The van der Waals surface area contributed by atoms with E-state index in [4.69, 9.17) is 0 Å². The Morgan fingerprint density at radius 2 is 2.18 bits per heavy atom. The smallest absolute Gasteiger partial charge is 0.239 e. The highest BCUT2D eigenvalue weighted by molar-refractivity contribution is 5.81. The second kappa shape index (κ2) is 3.22. The molecule has 2 atom stereocenters. The summed E-state index contributed by atoms with van der Waals surface area (Å²) in [6.45, 7) is 3.14. The van der Waals surface area contributed by atoms with Crippen molar-refractivity contribution in [1.29, 1.82) is 0 Å². The van der Waals surface area contributed by atoms with Gasteiger partial charge in [-0.05, 0) is 18.9 Å². The van der Waals surface area contributed by atoms with Crippen LogP contribution in [-0.4, -0.2) is 37.5 Å². The molecule has 0 radical (unpaired) electrons. The molecule has 3 nitrogen and oxygen atoms in total. The maximum Gasteiger partial charge on any atom is 0.239 e. The van der Waals surface area contributed by atoms with Gasteiger partial charge in [-0.25, -0.2) is 0 Å². The molecular weight excluding hydrogens is 140 g/mol. The van der Waals surface area contributed by atoms with Crippen molar-refractivity contribution < 1.29 is 4.79 Å². The molecule has 1 aliphatic heterocycles. The molecule has 1 rings (SSSR count). The summed E-state index contributed by atoms with van der Waals surface area (Å²) in [6.07, 6.45) is 0.983. The zero-order valence-electron chi connectivity index (χ0n) is 7.42. The monoisotopic (exact) mass is 156 g/mol.